The zero-order valence-electron chi connectivity index (χ0n) is 11.3. The fraction of sp³-hybridized carbons (Fsp3) is 0.667. The summed E-state index contributed by atoms with van der Waals surface area (Å²) in [5.41, 5.74) is 5.77. The second-order valence-electron chi connectivity index (χ2n) is 4.63. The van der Waals surface area contributed by atoms with Gasteiger partial charge in [0, 0.05) is 44.4 Å². The van der Waals surface area contributed by atoms with Crippen molar-refractivity contribution >= 4 is 22.4 Å². The minimum absolute atomic E-state index is 0.0307. The molecule has 106 valence electrons. The van der Waals surface area contributed by atoms with Gasteiger partial charge in [-0.15, -0.1) is 11.3 Å². The number of amides is 1. The maximum atomic E-state index is 12.0. The van der Waals surface area contributed by atoms with Gasteiger partial charge in [-0.2, -0.15) is 0 Å². The number of thiazole rings is 1. The van der Waals surface area contributed by atoms with E-state index in [2.05, 4.69) is 9.88 Å². The minimum Gasteiger partial charge on any atom is -0.383 e. The van der Waals surface area contributed by atoms with Crippen molar-refractivity contribution in [3.8, 4) is 0 Å². The molecule has 0 aliphatic carbocycles. The highest BCUT2D eigenvalue weighted by atomic mass is 32.1. The van der Waals surface area contributed by atoms with Gasteiger partial charge in [0.25, 0.3) is 0 Å². The van der Waals surface area contributed by atoms with Crippen LogP contribution in [0, 0.1) is 6.92 Å². The monoisotopic (exact) mass is 284 g/mol. The Kier molecular flexibility index (Phi) is 4.73. The first-order valence-corrected chi connectivity index (χ1v) is 7.14. The fourth-order valence-corrected chi connectivity index (χ4v) is 2.90. The standard InChI is InChI=1S/C12H20N4O2S/c1-9-7-14-12(19-9)16-5-3-15(4-6-16)11(17)10(13)8-18-2/h7,10H,3-6,8,13H2,1-2H3. The summed E-state index contributed by atoms with van der Waals surface area (Å²) in [6.45, 7) is 5.30. The van der Waals surface area contributed by atoms with Crippen LogP contribution >= 0.6 is 11.3 Å². The van der Waals surface area contributed by atoms with Crippen LogP contribution in [0.3, 0.4) is 0 Å². The van der Waals surface area contributed by atoms with Crippen LogP contribution in [0.15, 0.2) is 6.20 Å². The Morgan fingerprint density at radius 2 is 2.21 bits per heavy atom. The Labute approximate surface area is 117 Å². The second kappa shape index (κ2) is 6.31. The van der Waals surface area contributed by atoms with Gasteiger partial charge in [-0.1, -0.05) is 0 Å². The summed E-state index contributed by atoms with van der Waals surface area (Å²) in [5.74, 6) is -0.0307. The number of carbonyl (C=O) groups excluding carboxylic acids is 1. The molecular weight excluding hydrogens is 264 g/mol. The third-order valence-electron chi connectivity index (χ3n) is 3.13. The van der Waals surface area contributed by atoms with Crippen LogP contribution in [0.5, 0.6) is 0 Å². The van der Waals surface area contributed by atoms with E-state index in [0.29, 0.717) is 13.1 Å². The fourth-order valence-electron chi connectivity index (χ4n) is 2.09. The number of rotatable bonds is 4. The number of nitrogens with two attached hydrogens (primary N) is 1. The first-order chi connectivity index (χ1) is 9.11. The molecule has 1 fully saturated rings. The molecule has 7 heteroatoms. The van der Waals surface area contributed by atoms with E-state index in [1.54, 1.807) is 23.3 Å². The number of ether oxygens (including phenoxy) is 1. The van der Waals surface area contributed by atoms with Crippen LogP contribution < -0.4 is 10.6 Å². The molecule has 1 amide bonds. The van der Waals surface area contributed by atoms with E-state index in [-0.39, 0.29) is 12.5 Å². The normalized spacial score (nSPS) is 17.6. The molecule has 2 N–H and O–H groups in total. The molecule has 0 spiro atoms. The van der Waals surface area contributed by atoms with E-state index in [1.165, 1.54) is 4.88 Å². The van der Waals surface area contributed by atoms with Gasteiger partial charge >= 0.3 is 0 Å². The quantitative estimate of drug-likeness (QED) is 0.847. The first kappa shape index (κ1) is 14.2. The SMILES string of the molecule is COCC(N)C(=O)N1CCN(c2ncc(C)s2)CC1. The highest BCUT2D eigenvalue weighted by Crippen LogP contribution is 2.22. The van der Waals surface area contributed by atoms with Gasteiger partial charge in [-0.25, -0.2) is 4.98 Å². The number of anilines is 1. The predicted octanol–water partition coefficient (Wildman–Crippen LogP) is 0.0738. The van der Waals surface area contributed by atoms with Crippen molar-refractivity contribution in [2.75, 3.05) is 44.8 Å². The lowest BCUT2D eigenvalue weighted by atomic mass is 10.2. The number of methoxy groups -OCH3 is 1. The molecular formula is C12H20N4O2S. The van der Waals surface area contributed by atoms with Crippen LogP contribution in [0.2, 0.25) is 0 Å². The number of nitrogens with zero attached hydrogens (tertiary/aromatic N) is 3. The molecule has 1 aliphatic rings. The number of carbonyl (C=O) groups is 1. The zero-order chi connectivity index (χ0) is 13.8. The Balaban J connectivity index is 1.87. The highest BCUT2D eigenvalue weighted by Gasteiger charge is 2.26. The summed E-state index contributed by atoms with van der Waals surface area (Å²) in [7, 11) is 1.55. The molecule has 1 aromatic rings. The van der Waals surface area contributed by atoms with Crippen LogP contribution in [-0.2, 0) is 9.53 Å². The van der Waals surface area contributed by atoms with Crippen LogP contribution in [0.25, 0.3) is 0 Å². The minimum atomic E-state index is -0.557. The molecule has 1 atom stereocenters. The molecule has 1 aliphatic heterocycles. The van der Waals surface area contributed by atoms with E-state index < -0.39 is 6.04 Å². The van der Waals surface area contributed by atoms with E-state index in [0.717, 1.165) is 18.2 Å². The largest absolute Gasteiger partial charge is 0.383 e. The van der Waals surface area contributed by atoms with E-state index >= 15 is 0 Å². The lowest BCUT2D eigenvalue weighted by Crippen LogP contribution is -2.54. The molecule has 1 saturated heterocycles. The average molecular weight is 284 g/mol. The van der Waals surface area contributed by atoms with Gasteiger partial charge in [-0.05, 0) is 6.92 Å². The van der Waals surface area contributed by atoms with Gasteiger partial charge in [0.2, 0.25) is 5.91 Å². The molecule has 19 heavy (non-hydrogen) atoms. The summed E-state index contributed by atoms with van der Waals surface area (Å²) < 4.78 is 4.92. The lowest BCUT2D eigenvalue weighted by Gasteiger charge is -2.35. The molecule has 6 nitrogen and oxygen atoms in total. The van der Waals surface area contributed by atoms with Crippen molar-refractivity contribution in [1.82, 2.24) is 9.88 Å². The Morgan fingerprint density at radius 1 is 1.53 bits per heavy atom. The highest BCUT2D eigenvalue weighted by molar-refractivity contribution is 7.15. The van der Waals surface area contributed by atoms with E-state index in [4.69, 9.17) is 10.5 Å². The molecule has 0 bridgehead atoms. The van der Waals surface area contributed by atoms with Crippen molar-refractivity contribution in [1.29, 1.82) is 0 Å². The van der Waals surface area contributed by atoms with Crippen LogP contribution in [0.4, 0.5) is 5.13 Å². The number of hydrogen-bond donors (Lipinski definition) is 1. The van der Waals surface area contributed by atoms with E-state index in [9.17, 15) is 4.79 Å². The zero-order valence-corrected chi connectivity index (χ0v) is 12.2. The van der Waals surface area contributed by atoms with Gasteiger partial charge in [0.1, 0.15) is 6.04 Å². The van der Waals surface area contributed by atoms with Crippen molar-refractivity contribution in [3.63, 3.8) is 0 Å². The first-order valence-electron chi connectivity index (χ1n) is 6.32. The molecule has 2 rings (SSSR count). The summed E-state index contributed by atoms with van der Waals surface area (Å²) in [6.07, 6.45) is 1.88. The van der Waals surface area contributed by atoms with Gasteiger partial charge in [-0.3, -0.25) is 4.79 Å². The van der Waals surface area contributed by atoms with Crippen LogP contribution in [0.1, 0.15) is 4.88 Å². The van der Waals surface area contributed by atoms with Crippen LogP contribution in [-0.4, -0.2) is 61.7 Å². The molecule has 0 radical (unpaired) electrons. The predicted molar refractivity (Wildman–Crippen MR) is 75.5 cm³/mol. The van der Waals surface area contributed by atoms with Crippen molar-refractivity contribution in [2.45, 2.75) is 13.0 Å². The molecule has 1 unspecified atom stereocenters. The Bertz CT molecular complexity index is 429. The average Bonchev–Trinajstić information content (AvgIpc) is 2.85. The Morgan fingerprint density at radius 3 is 2.74 bits per heavy atom. The van der Waals surface area contributed by atoms with Gasteiger partial charge in [0.05, 0.1) is 6.61 Å². The number of aromatic nitrogens is 1. The lowest BCUT2D eigenvalue weighted by molar-refractivity contribution is -0.134. The van der Waals surface area contributed by atoms with Crippen molar-refractivity contribution < 1.29 is 9.53 Å². The third kappa shape index (κ3) is 3.43. The topological polar surface area (TPSA) is 71.7 Å². The molecule has 0 aromatic carbocycles. The second-order valence-corrected chi connectivity index (χ2v) is 5.84. The third-order valence-corrected chi connectivity index (χ3v) is 4.11. The molecule has 0 saturated carbocycles. The summed E-state index contributed by atoms with van der Waals surface area (Å²) >= 11 is 1.68. The molecule has 1 aromatic heterocycles. The maximum absolute atomic E-state index is 12.0. The summed E-state index contributed by atoms with van der Waals surface area (Å²) in [4.78, 5) is 21.6. The number of piperazine rings is 1. The number of aryl methyl sites for hydroxylation is 1. The van der Waals surface area contributed by atoms with E-state index in [1.807, 2.05) is 13.1 Å². The maximum Gasteiger partial charge on any atom is 0.241 e. The summed E-state index contributed by atoms with van der Waals surface area (Å²) in [5, 5.41) is 1.03. The van der Waals surface area contributed by atoms with Gasteiger partial charge in [0.15, 0.2) is 5.13 Å². The van der Waals surface area contributed by atoms with Gasteiger partial charge < -0.3 is 20.3 Å². The number of hydrogen-bond acceptors (Lipinski definition) is 6. The Hall–Kier alpha value is -1.18. The summed E-state index contributed by atoms with van der Waals surface area (Å²) in [6, 6.07) is -0.557. The van der Waals surface area contributed by atoms with Crippen molar-refractivity contribution in [3.05, 3.63) is 11.1 Å². The molecule has 2 heterocycles. The van der Waals surface area contributed by atoms with Crippen molar-refractivity contribution in [2.24, 2.45) is 5.73 Å². The smallest absolute Gasteiger partial charge is 0.241 e.